The van der Waals surface area contributed by atoms with Gasteiger partial charge in [-0.1, -0.05) is 18.3 Å². The Hall–Kier alpha value is -2.62. The van der Waals surface area contributed by atoms with E-state index >= 15 is 0 Å². The zero-order valence-corrected chi connectivity index (χ0v) is 15.6. The van der Waals surface area contributed by atoms with Gasteiger partial charge in [0.05, 0.1) is 23.9 Å². The molecule has 2 rings (SSSR count). The van der Waals surface area contributed by atoms with Crippen LogP contribution in [0.1, 0.15) is 26.0 Å². The lowest BCUT2D eigenvalue weighted by atomic mass is 10.0. The van der Waals surface area contributed by atoms with Crippen molar-refractivity contribution in [1.29, 1.82) is 0 Å². The van der Waals surface area contributed by atoms with E-state index < -0.39 is 24.0 Å². The first-order valence-electron chi connectivity index (χ1n) is 8.15. The first-order chi connectivity index (χ1) is 12.4. The number of thiazole rings is 1. The van der Waals surface area contributed by atoms with E-state index in [1.165, 1.54) is 4.57 Å². The summed E-state index contributed by atoms with van der Waals surface area (Å²) < 4.78 is 11.5. The number of carbonyl (C=O) groups excluding carboxylic acids is 3. The molecular weight excluding hydrogens is 362 g/mol. The Labute approximate surface area is 154 Å². The Morgan fingerprint density at radius 3 is 2.58 bits per heavy atom. The molecular formula is C16H21N3O6S. The largest absolute Gasteiger partial charge is 0.463 e. The molecule has 2 N–H and O–H groups in total. The normalized spacial score (nSPS) is 16.7. The Morgan fingerprint density at radius 2 is 2.00 bits per heavy atom. The molecule has 142 valence electrons. The van der Waals surface area contributed by atoms with E-state index in [0.29, 0.717) is 12.1 Å². The van der Waals surface area contributed by atoms with E-state index in [-0.39, 0.29) is 35.9 Å². The first-order valence-corrected chi connectivity index (χ1v) is 9.03. The van der Waals surface area contributed by atoms with E-state index in [2.05, 4.69) is 10.6 Å². The number of hydrogen-bond donors (Lipinski definition) is 2. The van der Waals surface area contributed by atoms with Crippen molar-refractivity contribution in [3.8, 4) is 0 Å². The molecule has 1 aliphatic rings. The zero-order chi connectivity index (χ0) is 19.3. The first kappa shape index (κ1) is 19.7. The number of aromatic nitrogens is 1. The number of nitrogens with one attached hydrogen (secondary N) is 2. The minimum absolute atomic E-state index is 0.181. The van der Waals surface area contributed by atoms with Crippen LogP contribution < -0.4 is 15.5 Å². The average molecular weight is 383 g/mol. The topological polar surface area (TPSA) is 116 Å². The van der Waals surface area contributed by atoms with Crippen LogP contribution in [-0.4, -0.2) is 41.8 Å². The highest BCUT2D eigenvalue weighted by Crippen LogP contribution is 2.17. The predicted octanol–water partition coefficient (Wildman–Crippen LogP) is 0.670. The van der Waals surface area contributed by atoms with Crippen LogP contribution in [0.15, 0.2) is 21.4 Å². The molecule has 1 aliphatic heterocycles. The van der Waals surface area contributed by atoms with E-state index in [1.807, 2.05) is 6.92 Å². The maximum Gasteiger partial charge on any atom is 0.338 e. The number of urea groups is 1. The van der Waals surface area contributed by atoms with Gasteiger partial charge in [0.2, 0.25) is 0 Å². The van der Waals surface area contributed by atoms with Crippen LogP contribution >= 0.6 is 11.3 Å². The highest BCUT2D eigenvalue weighted by Gasteiger charge is 2.32. The van der Waals surface area contributed by atoms with Crippen LogP contribution in [0.4, 0.5) is 4.79 Å². The molecule has 0 aromatic carbocycles. The molecule has 0 radical (unpaired) electrons. The summed E-state index contributed by atoms with van der Waals surface area (Å²) in [4.78, 5) is 47.4. The van der Waals surface area contributed by atoms with Crippen molar-refractivity contribution in [2.75, 3.05) is 13.2 Å². The third-order valence-corrected chi connectivity index (χ3v) is 4.67. The number of amides is 2. The molecule has 0 saturated carbocycles. The summed E-state index contributed by atoms with van der Waals surface area (Å²) in [7, 11) is 0. The SMILES string of the molecule is CCOC(=O)C1=C(COC(=O)Cn2c(C)csc2=O)NC(=O)N[C@H]1CC. The number of rotatable bonds is 7. The number of aryl methyl sites for hydroxylation is 1. The molecule has 2 amide bonds. The van der Waals surface area contributed by atoms with Gasteiger partial charge in [0.1, 0.15) is 13.2 Å². The molecule has 1 atom stereocenters. The van der Waals surface area contributed by atoms with Crippen LogP contribution in [0.25, 0.3) is 0 Å². The summed E-state index contributed by atoms with van der Waals surface area (Å²) in [6.07, 6.45) is 0.475. The molecule has 0 aliphatic carbocycles. The third kappa shape index (κ3) is 4.51. The fourth-order valence-corrected chi connectivity index (χ4v) is 3.23. The summed E-state index contributed by atoms with van der Waals surface area (Å²) in [5.41, 5.74) is 1.07. The summed E-state index contributed by atoms with van der Waals surface area (Å²) in [5.74, 6) is -1.23. The fourth-order valence-electron chi connectivity index (χ4n) is 2.50. The van der Waals surface area contributed by atoms with Crippen LogP contribution in [0.3, 0.4) is 0 Å². The molecule has 1 aromatic heterocycles. The molecule has 10 heteroatoms. The lowest BCUT2D eigenvalue weighted by Gasteiger charge is -2.28. The zero-order valence-electron chi connectivity index (χ0n) is 14.8. The molecule has 9 nitrogen and oxygen atoms in total. The predicted molar refractivity (Wildman–Crippen MR) is 93.7 cm³/mol. The molecule has 0 unspecified atom stereocenters. The van der Waals surface area contributed by atoms with Gasteiger partial charge in [-0.05, 0) is 20.3 Å². The molecule has 0 spiro atoms. The van der Waals surface area contributed by atoms with Crippen molar-refractivity contribution in [3.63, 3.8) is 0 Å². The maximum atomic E-state index is 12.2. The van der Waals surface area contributed by atoms with Gasteiger partial charge in [0.15, 0.2) is 0 Å². The lowest BCUT2D eigenvalue weighted by Crippen LogP contribution is -2.51. The Balaban J connectivity index is 2.14. The van der Waals surface area contributed by atoms with Crippen molar-refractivity contribution in [2.24, 2.45) is 0 Å². The van der Waals surface area contributed by atoms with Crippen molar-refractivity contribution in [2.45, 2.75) is 39.8 Å². The summed E-state index contributed by atoms with van der Waals surface area (Å²) in [6, 6.07) is -1.01. The smallest absolute Gasteiger partial charge is 0.338 e. The fraction of sp³-hybridized carbons (Fsp3) is 0.500. The lowest BCUT2D eigenvalue weighted by molar-refractivity contribution is -0.144. The molecule has 0 bridgehead atoms. The summed E-state index contributed by atoms with van der Waals surface area (Å²) >= 11 is 0.996. The monoisotopic (exact) mass is 383 g/mol. The Bertz CT molecular complexity index is 794. The molecule has 0 fully saturated rings. The van der Waals surface area contributed by atoms with Crippen LogP contribution in [0, 0.1) is 6.92 Å². The second-order valence-electron chi connectivity index (χ2n) is 5.56. The van der Waals surface area contributed by atoms with Gasteiger partial charge < -0.3 is 20.1 Å². The summed E-state index contributed by atoms with van der Waals surface area (Å²) in [5, 5.41) is 6.77. The van der Waals surface area contributed by atoms with Crippen molar-refractivity contribution in [3.05, 3.63) is 32.0 Å². The second kappa shape index (κ2) is 8.65. The van der Waals surface area contributed by atoms with E-state index in [0.717, 1.165) is 11.3 Å². The van der Waals surface area contributed by atoms with E-state index in [4.69, 9.17) is 9.47 Å². The Morgan fingerprint density at radius 1 is 1.27 bits per heavy atom. The minimum Gasteiger partial charge on any atom is -0.463 e. The standard InChI is InChI=1S/C16H21N3O6S/c1-4-10-13(14(21)24-5-2)11(18-15(22)17-10)7-25-12(20)6-19-9(3)8-26-16(19)23/h8,10H,4-7H2,1-3H3,(H2,17,18,22)/t10-/m0/s1. The van der Waals surface area contributed by atoms with Gasteiger partial charge in [-0.2, -0.15) is 0 Å². The van der Waals surface area contributed by atoms with Gasteiger partial charge in [-0.25, -0.2) is 9.59 Å². The number of carbonyl (C=O) groups is 3. The van der Waals surface area contributed by atoms with Crippen LogP contribution in [-0.2, 0) is 25.6 Å². The number of esters is 2. The highest BCUT2D eigenvalue weighted by atomic mass is 32.1. The number of ether oxygens (including phenoxy) is 2. The van der Waals surface area contributed by atoms with Gasteiger partial charge in [-0.3, -0.25) is 14.2 Å². The highest BCUT2D eigenvalue weighted by molar-refractivity contribution is 7.07. The molecule has 2 heterocycles. The van der Waals surface area contributed by atoms with E-state index in [9.17, 15) is 19.2 Å². The van der Waals surface area contributed by atoms with Crippen molar-refractivity contribution >= 4 is 29.3 Å². The van der Waals surface area contributed by atoms with Crippen molar-refractivity contribution in [1.82, 2.24) is 15.2 Å². The number of hydrogen-bond acceptors (Lipinski definition) is 7. The minimum atomic E-state index is -0.648. The molecule has 0 saturated heterocycles. The van der Waals surface area contributed by atoms with E-state index in [1.54, 1.807) is 19.2 Å². The summed E-state index contributed by atoms with van der Waals surface area (Å²) in [6.45, 7) is 4.85. The Kier molecular flexibility index (Phi) is 6.56. The van der Waals surface area contributed by atoms with Gasteiger partial charge >= 0.3 is 22.8 Å². The molecule has 26 heavy (non-hydrogen) atoms. The second-order valence-corrected chi connectivity index (χ2v) is 6.38. The van der Waals surface area contributed by atoms with Gasteiger partial charge in [0, 0.05) is 11.1 Å². The van der Waals surface area contributed by atoms with Crippen LogP contribution in [0.2, 0.25) is 0 Å². The van der Waals surface area contributed by atoms with Gasteiger partial charge in [0.25, 0.3) is 0 Å². The van der Waals surface area contributed by atoms with Gasteiger partial charge in [-0.15, -0.1) is 0 Å². The molecule has 1 aromatic rings. The van der Waals surface area contributed by atoms with Crippen molar-refractivity contribution < 1.29 is 23.9 Å². The number of nitrogens with zero attached hydrogens (tertiary/aromatic N) is 1. The van der Waals surface area contributed by atoms with Crippen LogP contribution in [0.5, 0.6) is 0 Å². The third-order valence-electron chi connectivity index (χ3n) is 3.79. The average Bonchev–Trinajstić information content (AvgIpc) is 2.91. The maximum absolute atomic E-state index is 12.2. The quantitative estimate of drug-likeness (QED) is 0.669.